The summed E-state index contributed by atoms with van der Waals surface area (Å²) in [5.41, 5.74) is -2.04. The first kappa shape index (κ1) is 7.58. The summed E-state index contributed by atoms with van der Waals surface area (Å²) in [4.78, 5) is 22.5. The molecular weight excluding hydrogens is 160 g/mol. The molecule has 0 radical (unpaired) electrons. The molecule has 2 atom stereocenters. The molecule has 4 nitrogen and oxygen atoms in total. The molecule has 0 aromatic heterocycles. The summed E-state index contributed by atoms with van der Waals surface area (Å²) in [6.07, 6.45) is 1.13. The zero-order valence-electron chi connectivity index (χ0n) is 7.05. The predicted molar refractivity (Wildman–Crippen MR) is 38.2 cm³/mol. The Labute approximate surface area is 69.8 Å². The minimum Gasteiger partial charge on any atom is -0.444 e. The Hall–Kier alpha value is -1.06. The molecule has 3 rings (SSSR count). The first-order valence-electron chi connectivity index (χ1n) is 3.93. The molecule has 12 heavy (non-hydrogen) atoms. The van der Waals surface area contributed by atoms with Crippen LogP contribution in [-0.2, 0) is 19.1 Å². The molecule has 3 saturated heterocycles. The van der Waals surface area contributed by atoms with Crippen LogP contribution in [0.15, 0.2) is 0 Å². The zero-order valence-corrected chi connectivity index (χ0v) is 7.05. The largest absolute Gasteiger partial charge is 0.444 e. The van der Waals surface area contributed by atoms with Crippen molar-refractivity contribution in [3.8, 4) is 0 Å². The Morgan fingerprint density at radius 1 is 1.00 bits per heavy atom. The SMILES string of the molecule is C[C@@]12CC[C@](C)(OC1=O)C(=O)O2. The van der Waals surface area contributed by atoms with E-state index in [-0.39, 0.29) is 0 Å². The molecule has 3 aliphatic rings. The molecular formula is C8H10O4. The minimum atomic E-state index is -1.02. The summed E-state index contributed by atoms with van der Waals surface area (Å²) < 4.78 is 9.95. The second-order valence-electron chi connectivity index (χ2n) is 3.74. The Balaban J connectivity index is 2.40. The lowest BCUT2D eigenvalue weighted by atomic mass is 9.84. The van der Waals surface area contributed by atoms with Gasteiger partial charge >= 0.3 is 11.9 Å². The number of fused-ring (bicyclic) bond motifs is 3. The standard InChI is InChI=1S/C8H10O4/c1-7-3-4-8(2,6(10)11-7)12-5(7)9/h3-4H2,1-2H3/t7-,8+. The van der Waals surface area contributed by atoms with Crippen LogP contribution in [0.2, 0.25) is 0 Å². The lowest BCUT2D eigenvalue weighted by molar-refractivity contribution is -0.240. The van der Waals surface area contributed by atoms with E-state index in [2.05, 4.69) is 0 Å². The van der Waals surface area contributed by atoms with Gasteiger partial charge in [-0.25, -0.2) is 9.59 Å². The quantitative estimate of drug-likeness (QED) is 0.494. The highest BCUT2D eigenvalue weighted by Crippen LogP contribution is 2.40. The van der Waals surface area contributed by atoms with Crippen LogP contribution in [-0.4, -0.2) is 23.1 Å². The van der Waals surface area contributed by atoms with Crippen LogP contribution in [0.3, 0.4) is 0 Å². The average molecular weight is 170 g/mol. The van der Waals surface area contributed by atoms with E-state index in [1.54, 1.807) is 13.8 Å². The van der Waals surface area contributed by atoms with Crippen molar-refractivity contribution < 1.29 is 19.1 Å². The third-order valence-electron chi connectivity index (χ3n) is 2.58. The molecule has 4 heteroatoms. The highest BCUT2D eigenvalue weighted by Gasteiger charge is 2.59. The van der Waals surface area contributed by atoms with Crippen LogP contribution in [0.1, 0.15) is 26.7 Å². The molecule has 2 bridgehead atoms. The topological polar surface area (TPSA) is 52.6 Å². The molecule has 3 aliphatic heterocycles. The lowest BCUT2D eigenvalue weighted by Crippen LogP contribution is -2.62. The van der Waals surface area contributed by atoms with Gasteiger partial charge in [0.2, 0.25) is 11.2 Å². The van der Waals surface area contributed by atoms with Gasteiger partial charge in [0.25, 0.3) is 0 Å². The third-order valence-corrected chi connectivity index (χ3v) is 2.58. The molecule has 0 aliphatic carbocycles. The van der Waals surface area contributed by atoms with Crippen LogP contribution in [0.4, 0.5) is 0 Å². The predicted octanol–water partition coefficient (Wildman–Crippen LogP) is 0.398. The van der Waals surface area contributed by atoms with E-state index in [1.807, 2.05) is 0 Å². The fourth-order valence-electron chi connectivity index (χ4n) is 1.49. The van der Waals surface area contributed by atoms with Gasteiger partial charge < -0.3 is 9.47 Å². The summed E-state index contributed by atoms with van der Waals surface area (Å²) in [5.74, 6) is -0.841. The van der Waals surface area contributed by atoms with Crippen molar-refractivity contribution in [1.29, 1.82) is 0 Å². The number of hydrogen-bond donors (Lipinski definition) is 0. The van der Waals surface area contributed by atoms with Crippen LogP contribution in [0.25, 0.3) is 0 Å². The van der Waals surface area contributed by atoms with Gasteiger partial charge in [0.15, 0.2) is 0 Å². The van der Waals surface area contributed by atoms with Crippen LogP contribution < -0.4 is 0 Å². The molecule has 0 unspecified atom stereocenters. The van der Waals surface area contributed by atoms with Crippen LogP contribution in [0, 0.1) is 0 Å². The first-order valence-corrected chi connectivity index (χ1v) is 3.93. The van der Waals surface area contributed by atoms with Crippen molar-refractivity contribution in [3.63, 3.8) is 0 Å². The van der Waals surface area contributed by atoms with Crippen molar-refractivity contribution >= 4 is 11.9 Å². The number of carbonyl (C=O) groups is 2. The van der Waals surface area contributed by atoms with Gasteiger partial charge in [0, 0.05) is 12.8 Å². The van der Waals surface area contributed by atoms with Gasteiger partial charge in [-0.1, -0.05) is 0 Å². The van der Waals surface area contributed by atoms with Gasteiger partial charge in [-0.05, 0) is 13.8 Å². The number of ether oxygens (including phenoxy) is 2. The van der Waals surface area contributed by atoms with E-state index in [1.165, 1.54) is 0 Å². The highest BCUT2D eigenvalue weighted by atomic mass is 16.7. The van der Waals surface area contributed by atoms with E-state index in [4.69, 9.17) is 9.47 Å². The van der Waals surface area contributed by atoms with E-state index < -0.39 is 23.1 Å². The molecule has 66 valence electrons. The van der Waals surface area contributed by atoms with E-state index in [9.17, 15) is 9.59 Å². The number of esters is 2. The summed E-state index contributed by atoms with van der Waals surface area (Å²) in [6, 6.07) is 0. The smallest absolute Gasteiger partial charge is 0.351 e. The minimum absolute atomic E-state index is 0.421. The number of hydrogen-bond acceptors (Lipinski definition) is 4. The van der Waals surface area contributed by atoms with Gasteiger partial charge in [-0.3, -0.25) is 0 Å². The maximum Gasteiger partial charge on any atom is 0.351 e. The van der Waals surface area contributed by atoms with Crippen molar-refractivity contribution in [3.05, 3.63) is 0 Å². The number of rotatable bonds is 0. The maximum atomic E-state index is 11.2. The Kier molecular flexibility index (Phi) is 1.14. The normalized spacial score (nSPS) is 45.5. The molecule has 0 aromatic rings. The van der Waals surface area contributed by atoms with Gasteiger partial charge in [0.1, 0.15) is 0 Å². The van der Waals surface area contributed by atoms with Crippen LogP contribution in [0.5, 0.6) is 0 Å². The average Bonchev–Trinajstić information content (AvgIpc) is 1.96. The van der Waals surface area contributed by atoms with E-state index in [0.717, 1.165) is 0 Å². The highest BCUT2D eigenvalue weighted by molar-refractivity contribution is 5.94. The van der Waals surface area contributed by atoms with E-state index >= 15 is 0 Å². The summed E-state index contributed by atoms with van der Waals surface area (Å²) in [6.45, 7) is 3.18. The molecule has 0 N–H and O–H groups in total. The maximum absolute atomic E-state index is 11.2. The third kappa shape index (κ3) is 0.722. The summed E-state index contributed by atoms with van der Waals surface area (Å²) in [5, 5.41) is 0. The van der Waals surface area contributed by atoms with Crippen molar-refractivity contribution in [2.75, 3.05) is 0 Å². The second kappa shape index (κ2) is 1.81. The Morgan fingerprint density at radius 3 is 1.58 bits per heavy atom. The first-order chi connectivity index (χ1) is 5.46. The lowest BCUT2D eigenvalue weighted by Gasteiger charge is -2.46. The van der Waals surface area contributed by atoms with E-state index in [0.29, 0.717) is 12.8 Å². The summed E-state index contributed by atoms with van der Waals surface area (Å²) in [7, 11) is 0. The number of carbonyl (C=O) groups excluding carboxylic acids is 2. The van der Waals surface area contributed by atoms with Gasteiger partial charge in [-0.2, -0.15) is 0 Å². The van der Waals surface area contributed by atoms with Crippen molar-refractivity contribution in [2.45, 2.75) is 37.9 Å². The molecule has 0 spiro atoms. The zero-order chi connectivity index (χ0) is 8.98. The fraction of sp³-hybridized carbons (Fsp3) is 0.750. The molecule has 3 fully saturated rings. The van der Waals surface area contributed by atoms with Gasteiger partial charge in [0.05, 0.1) is 0 Å². The molecule has 0 amide bonds. The molecule has 0 aromatic carbocycles. The fourth-order valence-corrected chi connectivity index (χ4v) is 1.49. The van der Waals surface area contributed by atoms with Crippen LogP contribution >= 0.6 is 0 Å². The van der Waals surface area contributed by atoms with Crippen molar-refractivity contribution in [1.82, 2.24) is 0 Å². The molecule has 3 heterocycles. The summed E-state index contributed by atoms with van der Waals surface area (Å²) >= 11 is 0. The van der Waals surface area contributed by atoms with Crippen molar-refractivity contribution in [2.24, 2.45) is 0 Å². The second-order valence-corrected chi connectivity index (χ2v) is 3.74. The molecule has 0 saturated carbocycles. The monoisotopic (exact) mass is 170 g/mol. The Bertz CT molecular complexity index is 244. The Morgan fingerprint density at radius 2 is 1.33 bits per heavy atom. The van der Waals surface area contributed by atoms with Gasteiger partial charge in [-0.15, -0.1) is 0 Å².